The second-order valence-corrected chi connectivity index (χ2v) is 9.68. The van der Waals surface area contributed by atoms with Crippen LogP contribution in [-0.4, -0.2) is 58.6 Å². The van der Waals surface area contributed by atoms with Gasteiger partial charge in [0.2, 0.25) is 11.8 Å². The zero-order valence-corrected chi connectivity index (χ0v) is 23.1. The van der Waals surface area contributed by atoms with Crippen molar-refractivity contribution in [2.24, 2.45) is 5.92 Å². The van der Waals surface area contributed by atoms with Crippen LogP contribution in [0.3, 0.4) is 0 Å². The summed E-state index contributed by atoms with van der Waals surface area (Å²) in [4.78, 5) is 57.7. The quantitative estimate of drug-likeness (QED) is 0.321. The Morgan fingerprint density at radius 3 is 2.41 bits per heavy atom. The Hall–Kier alpha value is -4.93. The highest BCUT2D eigenvalue weighted by Gasteiger charge is 2.54. The number of ether oxygens (including phenoxy) is 1. The number of aromatic nitrogens is 1. The third-order valence-electron chi connectivity index (χ3n) is 6.96. The van der Waals surface area contributed by atoms with Crippen LogP contribution in [0.15, 0.2) is 72.9 Å². The zero-order chi connectivity index (χ0) is 29.5. The number of nitrogens with zero attached hydrogens (tertiary/aromatic N) is 3. The summed E-state index contributed by atoms with van der Waals surface area (Å²) >= 11 is 0. The zero-order valence-electron chi connectivity index (χ0n) is 23.1. The fourth-order valence-electron chi connectivity index (χ4n) is 4.78. The van der Waals surface area contributed by atoms with E-state index in [-0.39, 0.29) is 24.8 Å². The van der Waals surface area contributed by atoms with Crippen LogP contribution in [0.5, 0.6) is 5.75 Å². The highest BCUT2D eigenvalue weighted by molar-refractivity contribution is 6.09. The largest absolute Gasteiger partial charge is 0.497 e. The van der Waals surface area contributed by atoms with Crippen LogP contribution in [-0.2, 0) is 22.6 Å². The molecule has 0 spiro atoms. The Labute approximate surface area is 238 Å². The first-order valence-corrected chi connectivity index (χ1v) is 13.3. The maximum atomic E-state index is 13.2. The van der Waals surface area contributed by atoms with Gasteiger partial charge in [-0.25, -0.2) is 14.6 Å². The number of carbonyl (C=O) groups excluding carboxylic acids is 3. The van der Waals surface area contributed by atoms with Gasteiger partial charge in [0.1, 0.15) is 17.6 Å². The van der Waals surface area contributed by atoms with Gasteiger partial charge in [-0.3, -0.25) is 19.4 Å². The van der Waals surface area contributed by atoms with Gasteiger partial charge in [0.15, 0.2) is 0 Å². The minimum atomic E-state index is -1.19. The number of carboxylic acid groups (broad SMARTS) is 1. The molecule has 0 bridgehead atoms. The molecule has 41 heavy (non-hydrogen) atoms. The topological polar surface area (TPSA) is 141 Å². The average molecular weight is 560 g/mol. The van der Waals surface area contributed by atoms with Gasteiger partial charge in [-0.15, -0.1) is 0 Å². The number of likely N-dealkylation sites (N-methyl/N-ethyl adjacent to an activating group) is 1. The lowest BCUT2D eigenvalue weighted by molar-refractivity contribution is -0.157. The number of amides is 5. The summed E-state index contributed by atoms with van der Waals surface area (Å²) in [6, 6.07) is 17.5. The van der Waals surface area contributed by atoms with Gasteiger partial charge < -0.3 is 20.5 Å². The Kier molecular flexibility index (Phi) is 9.18. The highest BCUT2D eigenvalue weighted by Crippen LogP contribution is 2.32. The van der Waals surface area contributed by atoms with Gasteiger partial charge in [-0.05, 0) is 61.2 Å². The van der Waals surface area contributed by atoms with Crippen molar-refractivity contribution in [3.05, 3.63) is 89.6 Å². The summed E-state index contributed by atoms with van der Waals surface area (Å²) in [6.45, 7) is 3.94. The van der Waals surface area contributed by atoms with E-state index in [1.54, 1.807) is 57.4 Å². The van der Waals surface area contributed by atoms with Crippen LogP contribution in [0.25, 0.3) is 0 Å². The Bertz CT molecular complexity index is 1400. The molecular weight excluding hydrogens is 526 g/mol. The average Bonchev–Trinajstić information content (AvgIpc) is 2.97. The molecule has 1 fully saturated rings. The Balaban J connectivity index is 1.51. The van der Waals surface area contributed by atoms with E-state index in [1.807, 2.05) is 30.3 Å². The van der Waals surface area contributed by atoms with Crippen molar-refractivity contribution in [1.29, 1.82) is 0 Å². The number of rotatable bonds is 10. The van der Waals surface area contributed by atoms with E-state index < -0.39 is 35.9 Å². The smallest absolute Gasteiger partial charge is 0.413 e. The SMILES string of the molecule is CCNC(=O)[C@@H]1[C@@H](Cc2ccnc(N(Cc3ccc(OC)cc3)C(=O)O)c2)C(=O)N1C(=O)N[C@H](C)c1ccccc1. The van der Waals surface area contributed by atoms with Gasteiger partial charge >= 0.3 is 12.1 Å². The van der Waals surface area contributed by atoms with E-state index in [1.165, 1.54) is 6.20 Å². The van der Waals surface area contributed by atoms with E-state index in [4.69, 9.17) is 4.74 Å². The molecule has 0 saturated carbocycles. The number of pyridine rings is 1. The Morgan fingerprint density at radius 1 is 1.07 bits per heavy atom. The molecule has 11 heteroatoms. The molecule has 3 aromatic rings. The van der Waals surface area contributed by atoms with Crippen molar-refractivity contribution in [3.63, 3.8) is 0 Å². The predicted molar refractivity (Wildman–Crippen MR) is 151 cm³/mol. The van der Waals surface area contributed by atoms with E-state index in [0.717, 1.165) is 20.9 Å². The number of likely N-dealkylation sites (tertiary alicyclic amines) is 1. The first-order chi connectivity index (χ1) is 19.7. The number of benzene rings is 2. The molecule has 1 aromatic heterocycles. The minimum Gasteiger partial charge on any atom is -0.497 e. The molecule has 0 radical (unpaired) electrons. The van der Waals surface area contributed by atoms with Crippen molar-refractivity contribution < 1.29 is 29.0 Å². The molecule has 2 heterocycles. The van der Waals surface area contributed by atoms with E-state index in [0.29, 0.717) is 17.9 Å². The fraction of sp³-hybridized carbons (Fsp3) is 0.300. The number of nitrogens with one attached hydrogen (secondary N) is 2. The van der Waals surface area contributed by atoms with Crippen molar-refractivity contribution in [2.45, 2.75) is 38.9 Å². The summed E-state index contributed by atoms with van der Waals surface area (Å²) in [5.74, 6) is -0.876. The number of urea groups is 1. The molecule has 1 saturated heterocycles. The van der Waals surface area contributed by atoms with Crippen molar-refractivity contribution in [3.8, 4) is 5.75 Å². The second-order valence-electron chi connectivity index (χ2n) is 9.68. The monoisotopic (exact) mass is 559 g/mol. The molecule has 1 aliphatic rings. The maximum absolute atomic E-state index is 13.2. The Morgan fingerprint density at radius 2 is 1.78 bits per heavy atom. The van der Waals surface area contributed by atoms with Crippen molar-refractivity contribution in [2.75, 3.05) is 18.6 Å². The lowest BCUT2D eigenvalue weighted by Crippen LogP contribution is -2.70. The number of hydrogen-bond acceptors (Lipinski definition) is 6. The number of imide groups is 1. The molecule has 3 atom stereocenters. The van der Waals surface area contributed by atoms with Gasteiger partial charge in [-0.2, -0.15) is 0 Å². The first kappa shape index (κ1) is 29.1. The summed E-state index contributed by atoms with van der Waals surface area (Å²) in [5.41, 5.74) is 2.21. The lowest BCUT2D eigenvalue weighted by atomic mass is 9.82. The first-order valence-electron chi connectivity index (χ1n) is 13.3. The van der Waals surface area contributed by atoms with Gasteiger partial charge in [0, 0.05) is 12.7 Å². The summed E-state index contributed by atoms with van der Waals surface area (Å²) in [5, 5.41) is 15.4. The minimum absolute atomic E-state index is 0.0488. The van der Waals surface area contributed by atoms with E-state index >= 15 is 0 Å². The number of methoxy groups -OCH3 is 1. The van der Waals surface area contributed by atoms with Gasteiger partial charge in [-0.1, -0.05) is 42.5 Å². The van der Waals surface area contributed by atoms with Crippen LogP contribution >= 0.6 is 0 Å². The molecule has 2 aromatic carbocycles. The number of hydrogen-bond donors (Lipinski definition) is 3. The number of carbonyl (C=O) groups is 4. The number of anilines is 1. The van der Waals surface area contributed by atoms with Crippen LogP contribution in [0.1, 0.15) is 36.6 Å². The van der Waals surface area contributed by atoms with Crippen molar-refractivity contribution >= 4 is 29.8 Å². The molecule has 5 amide bonds. The molecule has 0 unspecified atom stereocenters. The predicted octanol–water partition coefficient (Wildman–Crippen LogP) is 3.75. The maximum Gasteiger partial charge on any atom is 0.413 e. The lowest BCUT2D eigenvalue weighted by Gasteiger charge is -2.44. The third kappa shape index (κ3) is 6.63. The normalized spacial score (nSPS) is 16.8. The molecule has 11 nitrogen and oxygen atoms in total. The summed E-state index contributed by atoms with van der Waals surface area (Å²) in [6.07, 6.45) is 0.399. The molecule has 1 aliphatic heterocycles. The third-order valence-corrected chi connectivity index (χ3v) is 6.96. The molecule has 3 N–H and O–H groups in total. The van der Waals surface area contributed by atoms with Crippen LogP contribution in [0.4, 0.5) is 15.4 Å². The van der Waals surface area contributed by atoms with Crippen LogP contribution < -0.4 is 20.3 Å². The molecule has 4 rings (SSSR count). The van der Waals surface area contributed by atoms with Crippen LogP contribution in [0, 0.1) is 5.92 Å². The van der Waals surface area contributed by atoms with E-state index in [2.05, 4.69) is 15.6 Å². The van der Waals surface area contributed by atoms with Crippen LogP contribution in [0.2, 0.25) is 0 Å². The summed E-state index contributed by atoms with van der Waals surface area (Å²) < 4.78 is 5.16. The second kappa shape index (κ2) is 12.9. The standard InChI is InChI=1S/C30H33N5O6/c1-4-31-27(36)26-24(28(37)35(26)29(38)33-19(2)22-8-6-5-7-9-22)16-21-14-15-32-25(17-21)34(30(39)40)18-20-10-12-23(41-3)13-11-20/h5-15,17,19,24,26H,4,16,18H2,1-3H3,(H,31,36)(H,33,38)(H,39,40)/t19-,24-,26+/m1/s1. The van der Waals surface area contributed by atoms with Crippen molar-refractivity contribution in [1.82, 2.24) is 20.5 Å². The van der Waals surface area contributed by atoms with Gasteiger partial charge in [0.25, 0.3) is 0 Å². The van der Waals surface area contributed by atoms with Gasteiger partial charge in [0.05, 0.1) is 25.6 Å². The summed E-state index contributed by atoms with van der Waals surface area (Å²) in [7, 11) is 1.55. The fourth-order valence-corrected chi connectivity index (χ4v) is 4.78. The van der Waals surface area contributed by atoms with E-state index in [9.17, 15) is 24.3 Å². The molecule has 214 valence electrons. The number of β-lactam (4-membered cyclic amide) rings is 1. The molecular formula is C30H33N5O6. The highest BCUT2D eigenvalue weighted by atomic mass is 16.5. The molecule has 0 aliphatic carbocycles.